The third-order valence-electron chi connectivity index (χ3n) is 6.91. The van der Waals surface area contributed by atoms with Crippen LogP contribution in [-0.2, 0) is 6.54 Å². The van der Waals surface area contributed by atoms with Crippen molar-refractivity contribution < 1.29 is 14.3 Å². The van der Waals surface area contributed by atoms with Crippen LogP contribution < -0.4 is 14.8 Å². The molecule has 1 fully saturated rings. The van der Waals surface area contributed by atoms with Gasteiger partial charge >= 0.3 is 0 Å². The van der Waals surface area contributed by atoms with Gasteiger partial charge in [0.05, 0.1) is 0 Å². The molecule has 0 aromatic heterocycles. The quantitative estimate of drug-likeness (QED) is 0.389. The SMILES string of the molecule is CCC(C)(C)N1CCC(Oc2cccc(CNC(=O)c3ccc(Oc4ccccc4)cc3)c2)CC1. The maximum absolute atomic E-state index is 12.6. The Morgan fingerprint density at radius 3 is 2.26 bits per heavy atom. The molecule has 1 N–H and O–H groups in total. The molecule has 3 aromatic carbocycles. The van der Waals surface area contributed by atoms with Crippen LogP contribution in [0.1, 0.15) is 56.0 Å². The smallest absolute Gasteiger partial charge is 0.251 e. The molecule has 1 saturated heterocycles. The second-order valence-electron chi connectivity index (χ2n) is 9.74. The second kappa shape index (κ2) is 11.4. The summed E-state index contributed by atoms with van der Waals surface area (Å²) in [5.41, 5.74) is 1.86. The van der Waals surface area contributed by atoms with Crippen LogP contribution in [0, 0.1) is 0 Å². The van der Waals surface area contributed by atoms with Gasteiger partial charge < -0.3 is 14.8 Å². The van der Waals surface area contributed by atoms with E-state index in [9.17, 15) is 4.79 Å². The molecule has 0 aliphatic carbocycles. The van der Waals surface area contributed by atoms with Crippen molar-refractivity contribution in [2.45, 2.75) is 58.2 Å². The number of hydrogen-bond donors (Lipinski definition) is 1. The fourth-order valence-electron chi connectivity index (χ4n) is 4.31. The van der Waals surface area contributed by atoms with Crippen molar-refractivity contribution in [1.82, 2.24) is 10.2 Å². The first-order valence-corrected chi connectivity index (χ1v) is 12.5. The van der Waals surface area contributed by atoms with Crippen molar-refractivity contribution in [2.75, 3.05) is 13.1 Å². The Morgan fingerprint density at radius 1 is 0.914 bits per heavy atom. The number of rotatable bonds is 9. The van der Waals surface area contributed by atoms with Gasteiger partial charge in [0, 0.05) is 30.7 Å². The summed E-state index contributed by atoms with van der Waals surface area (Å²) in [7, 11) is 0. The zero-order valence-corrected chi connectivity index (χ0v) is 21.0. The maximum atomic E-state index is 12.6. The Balaban J connectivity index is 1.26. The van der Waals surface area contributed by atoms with Crippen molar-refractivity contribution in [2.24, 2.45) is 0 Å². The number of para-hydroxylation sites is 1. The number of nitrogens with zero attached hydrogens (tertiary/aromatic N) is 1. The van der Waals surface area contributed by atoms with Gasteiger partial charge in [0.2, 0.25) is 0 Å². The highest BCUT2D eigenvalue weighted by molar-refractivity contribution is 5.94. The molecule has 0 radical (unpaired) electrons. The number of piperidine rings is 1. The van der Waals surface area contributed by atoms with Gasteiger partial charge in [-0.2, -0.15) is 0 Å². The first-order valence-electron chi connectivity index (χ1n) is 12.5. The predicted octanol–water partition coefficient (Wildman–Crippen LogP) is 6.44. The molecule has 1 amide bonds. The molecule has 0 saturated carbocycles. The number of carbonyl (C=O) groups is 1. The van der Waals surface area contributed by atoms with E-state index in [0.717, 1.165) is 49.4 Å². The van der Waals surface area contributed by atoms with Gasteiger partial charge in [-0.05, 0) is 87.2 Å². The van der Waals surface area contributed by atoms with Gasteiger partial charge in [0.1, 0.15) is 23.4 Å². The molecule has 1 heterocycles. The number of amides is 1. The van der Waals surface area contributed by atoms with Crippen LogP contribution >= 0.6 is 0 Å². The third kappa shape index (κ3) is 6.86. The van der Waals surface area contributed by atoms with E-state index in [0.29, 0.717) is 17.9 Å². The predicted molar refractivity (Wildman–Crippen MR) is 140 cm³/mol. The topological polar surface area (TPSA) is 50.8 Å². The van der Waals surface area contributed by atoms with Crippen LogP contribution in [-0.4, -0.2) is 35.5 Å². The zero-order valence-electron chi connectivity index (χ0n) is 21.0. The zero-order chi connectivity index (χ0) is 24.7. The molecule has 1 aliphatic heterocycles. The van der Waals surface area contributed by atoms with Crippen LogP contribution in [0.15, 0.2) is 78.9 Å². The van der Waals surface area contributed by atoms with Crippen LogP contribution in [0.4, 0.5) is 0 Å². The molecule has 5 nitrogen and oxygen atoms in total. The van der Waals surface area contributed by atoms with E-state index < -0.39 is 0 Å². The van der Waals surface area contributed by atoms with E-state index in [1.165, 1.54) is 0 Å². The molecule has 0 atom stereocenters. The van der Waals surface area contributed by atoms with Crippen molar-refractivity contribution in [3.63, 3.8) is 0 Å². The minimum absolute atomic E-state index is 0.117. The van der Waals surface area contributed by atoms with E-state index in [4.69, 9.17) is 9.47 Å². The van der Waals surface area contributed by atoms with Gasteiger partial charge in [0.25, 0.3) is 5.91 Å². The first kappa shape index (κ1) is 24.8. The lowest BCUT2D eigenvalue weighted by Crippen LogP contribution is -2.49. The minimum atomic E-state index is -0.117. The summed E-state index contributed by atoms with van der Waals surface area (Å²) >= 11 is 0. The summed E-state index contributed by atoms with van der Waals surface area (Å²) in [5.74, 6) is 2.21. The summed E-state index contributed by atoms with van der Waals surface area (Å²) in [5, 5.41) is 3.00. The average Bonchev–Trinajstić information content (AvgIpc) is 2.89. The maximum Gasteiger partial charge on any atom is 0.251 e. The lowest BCUT2D eigenvalue weighted by Gasteiger charge is -2.42. The third-order valence-corrected chi connectivity index (χ3v) is 6.91. The van der Waals surface area contributed by atoms with E-state index in [1.807, 2.05) is 66.7 Å². The van der Waals surface area contributed by atoms with Crippen molar-refractivity contribution in [3.05, 3.63) is 90.0 Å². The van der Waals surface area contributed by atoms with E-state index in [2.05, 4.69) is 31.0 Å². The molecule has 1 aliphatic rings. The Hall–Kier alpha value is -3.31. The van der Waals surface area contributed by atoms with E-state index >= 15 is 0 Å². The Bertz CT molecular complexity index is 1090. The number of hydrogen-bond acceptors (Lipinski definition) is 4. The van der Waals surface area contributed by atoms with Crippen molar-refractivity contribution in [3.8, 4) is 17.2 Å². The Labute approximate surface area is 209 Å². The first-order chi connectivity index (χ1) is 16.9. The van der Waals surface area contributed by atoms with Crippen LogP contribution in [0.25, 0.3) is 0 Å². The fourth-order valence-corrected chi connectivity index (χ4v) is 4.31. The number of nitrogens with one attached hydrogen (secondary N) is 1. The lowest BCUT2D eigenvalue weighted by atomic mass is 9.95. The lowest BCUT2D eigenvalue weighted by molar-refractivity contribution is 0.0390. The molecule has 0 bridgehead atoms. The number of benzene rings is 3. The summed E-state index contributed by atoms with van der Waals surface area (Å²) in [6, 6.07) is 24.8. The summed E-state index contributed by atoms with van der Waals surface area (Å²) in [6.45, 7) is 9.47. The normalized spacial score (nSPS) is 14.9. The standard InChI is InChI=1S/C30H36N2O3/c1-4-30(2,3)32-19-17-27(18-20-32)35-28-12-8-9-23(21-28)22-31-29(33)24-13-15-26(16-14-24)34-25-10-6-5-7-11-25/h5-16,21,27H,4,17-20,22H2,1-3H3,(H,31,33). The highest BCUT2D eigenvalue weighted by Crippen LogP contribution is 2.26. The molecule has 4 rings (SSSR count). The molecule has 3 aromatic rings. The molecular formula is C30H36N2O3. The van der Waals surface area contributed by atoms with Gasteiger partial charge in [-0.1, -0.05) is 37.3 Å². The molecule has 5 heteroatoms. The van der Waals surface area contributed by atoms with Gasteiger partial charge in [-0.15, -0.1) is 0 Å². The van der Waals surface area contributed by atoms with E-state index in [1.54, 1.807) is 12.1 Å². The fraction of sp³-hybridized carbons (Fsp3) is 0.367. The van der Waals surface area contributed by atoms with Gasteiger partial charge in [-0.3, -0.25) is 9.69 Å². The number of likely N-dealkylation sites (tertiary alicyclic amines) is 1. The highest BCUT2D eigenvalue weighted by atomic mass is 16.5. The van der Waals surface area contributed by atoms with Gasteiger partial charge in [0.15, 0.2) is 0 Å². The number of ether oxygens (including phenoxy) is 2. The molecule has 0 unspecified atom stereocenters. The van der Waals surface area contributed by atoms with Crippen LogP contribution in [0.5, 0.6) is 17.2 Å². The molecular weight excluding hydrogens is 436 g/mol. The van der Waals surface area contributed by atoms with Crippen molar-refractivity contribution >= 4 is 5.91 Å². The monoisotopic (exact) mass is 472 g/mol. The summed E-state index contributed by atoms with van der Waals surface area (Å²) in [6.07, 6.45) is 3.46. The molecule has 35 heavy (non-hydrogen) atoms. The largest absolute Gasteiger partial charge is 0.490 e. The second-order valence-corrected chi connectivity index (χ2v) is 9.74. The van der Waals surface area contributed by atoms with Gasteiger partial charge in [-0.25, -0.2) is 0 Å². The minimum Gasteiger partial charge on any atom is -0.490 e. The highest BCUT2D eigenvalue weighted by Gasteiger charge is 2.29. The Kier molecular flexibility index (Phi) is 8.09. The average molecular weight is 473 g/mol. The number of carbonyl (C=O) groups excluding carboxylic acids is 1. The Morgan fingerprint density at radius 2 is 1.57 bits per heavy atom. The summed E-state index contributed by atoms with van der Waals surface area (Å²) in [4.78, 5) is 15.2. The van der Waals surface area contributed by atoms with E-state index in [-0.39, 0.29) is 17.6 Å². The summed E-state index contributed by atoms with van der Waals surface area (Å²) < 4.78 is 12.1. The molecule has 0 spiro atoms. The van der Waals surface area contributed by atoms with Crippen LogP contribution in [0.3, 0.4) is 0 Å². The van der Waals surface area contributed by atoms with Crippen LogP contribution in [0.2, 0.25) is 0 Å². The molecule has 184 valence electrons. The van der Waals surface area contributed by atoms with Crippen molar-refractivity contribution in [1.29, 1.82) is 0 Å².